The Morgan fingerprint density at radius 2 is 2.04 bits per heavy atom. The summed E-state index contributed by atoms with van der Waals surface area (Å²) in [5.74, 6) is 1.82. The fourth-order valence-electron chi connectivity index (χ4n) is 2.94. The van der Waals surface area contributed by atoms with Crippen molar-refractivity contribution in [2.45, 2.75) is 13.1 Å². The molecule has 6 nitrogen and oxygen atoms in total. The van der Waals surface area contributed by atoms with Crippen molar-refractivity contribution in [1.82, 2.24) is 24.3 Å². The van der Waals surface area contributed by atoms with Crippen LogP contribution >= 0.6 is 39.9 Å². The van der Waals surface area contributed by atoms with Gasteiger partial charge in [-0.05, 0) is 34.1 Å². The molecule has 0 bridgehead atoms. The standard InChI is InChI=1S/C18H23BrN6.HI/c1-20-18(24(3)12-14-9-13(19)11-23(14)2)21-10-17-22-15-7-5-6-8-16(15)25(17)4;/h5-9,11H,10,12H2,1-4H3,(H,20,21);1H. The van der Waals surface area contributed by atoms with Crippen LogP contribution in [0.1, 0.15) is 11.5 Å². The number of aromatic nitrogens is 3. The van der Waals surface area contributed by atoms with Crippen LogP contribution in [0.15, 0.2) is 46.0 Å². The lowest BCUT2D eigenvalue weighted by Crippen LogP contribution is -2.38. The molecule has 0 atom stereocenters. The number of fused-ring (bicyclic) bond motifs is 1. The number of nitrogens with zero attached hydrogens (tertiary/aromatic N) is 5. The maximum Gasteiger partial charge on any atom is 0.194 e. The quantitative estimate of drug-likeness (QED) is 0.319. The molecule has 1 aromatic carbocycles. The summed E-state index contributed by atoms with van der Waals surface area (Å²) in [6.07, 6.45) is 2.05. The Kier molecular flexibility index (Phi) is 7.10. The third-order valence-corrected chi connectivity index (χ3v) is 4.77. The molecule has 0 fully saturated rings. The van der Waals surface area contributed by atoms with E-state index in [2.05, 4.69) is 58.6 Å². The summed E-state index contributed by atoms with van der Waals surface area (Å²) in [7, 11) is 7.92. The molecule has 3 aromatic rings. The molecule has 0 radical (unpaired) electrons. The molecule has 0 aliphatic carbocycles. The number of halogens is 2. The Morgan fingerprint density at radius 3 is 2.65 bits per heavy atom. The first-order chi connectivity index (χ1) is 12.0. The molecule has 140 valence electrons. The van der Waals surface area contributed by atoms with E-state index in [0.717, 1.165) is 33.8 Å². The first-order valence-corrected chi connectivity index (χ1v) is 8.91. The SMILES string of the molecule is CN=C(NCc1nc2ccccc2n1C)N(C)Cc1cc(Br)cn1C.I. The summed E-state index contributed by atoms with van der Waals surface area (Å²) >= 11 is 3.52. The van der Waals surface area contributed by atoms with Crippen molar-refractivity contribution in [3.8, 4) is 0 Å². The summed E-state index contributed by atoms with van der Waals surface area (Å²) in [6.45, 7) is 1.39. The number of nitrogens with one attached hydrogen (secondary N) is 1. The van der Waals surface area contributed by atoms with E-state index in [9.17, 15) is 0 Å². The van der Waals surface area contributed by atoms with Crippen LogP contribution in [-0.4, -0.2) is 39.1 Å². The zero-order valence-corrected chi connectivity index (χ0v) is 19.3. The number of benzene rings is 1. The van der Waals surface area contributed by atoms with Gasteiger partial charge in [0.25, 0.3) is 0 Å². The Bertz CT molecular complexity index is 914. The fraction of sp³-hybridized carbons (Fsp3) is 0.333. The highest BCUT2D eigenvalue weighted by atomic mass is 127. The van der Waals surface area contributed by atoms with Gasteiger partial charge >= 0.3 is 0 Å². The molecular weight excluding hydrogens is 507 g/mol. The average Bonchev–Trinajstić information content (AvgIpc) is 3.07. The summed E-state index contributed by atoms with van der Waals surface area (Å²) in [6, 6.07) is 10.3. The van der Waals surface area contributed by atoms with Crippen LogP contribution in [0.2, 0.25) is 0 Å². The maximum absolute atomic E-state index is 4.70. The van der Waals surface area contributed by atoms with Gasteiger partial charge < -0.3 is 19.4 Å². The van der Waals surface area contributed by atoms with Crippen LogP contribution in [0.4, 0.5) is 0 Å². The number of hydrogen-bond acceptors (Lipinski definition) is 2. The van der Waals surface area contributed by atoms with Crippen molar-refractivity contribution >= 4 is 56.9 Å². The van der Waals surface area contributed by atoms with E-state index >= 15 is 0 Å². The van der Waals surface area contributed by atoms with Gasteiger partial charge in [0.15, 0.2) is 5.96 Å². The molecular formula is C18H24BrIN6. The van der Waals surface area contributed by atoms with Crippen LogP contribution in [0.3, 0.4) is 0 Å². The molecule has 0 aliphatic rings. The highest BCUT2D eigenvalue weighted by molar-refractivity contribution is 14.0. The second-order valence-electron chi connectivity index (χ2n) is 6.09. The van der Waals surface area contributed by atoms with E-state index < -0.39 is 0 Å². The second-order valence-corrected chi connectivity index (χ2v) is 7.01. The number of aryl methyl sites for hydroxylation is 2. The van der Waals surface area contributed by atoms with E-state index in [-0.39, 0.29) is 24.0 Å². The second kappa shape index (κ2) is 8.90. The lowest BCUT2D eigenvalue weighted by molar-refractivity contribution is 0.460. The van der Waals surface area contributed by atoms with Crippen LogP contribution in [0.5, 0.6) is 0 Å². The van der Waals surface area contributed by atoms with Gasteiger partial charge in [0, 0.05) is 44.6 Å². The largest absolute Gasteiger partial charge is 0.352 e. The van der Waals surface area contributed by atoms with Crippen LogP contribution in [0.25, 0.3) is 11.0 Å². The summed E-state index contributed by atoms with van der Waals surface area (Å²) in [5.41, 5.74) is 3.36. The molecule has 3 rings (SSSR count). The zero-order chi connectivity index (χ0) is 18.0. The van der Waals surface area contributed by atoms with Gasteiger partial charge in [-0.15, -0.1) is 24.0 Å². The number of imidazole rings is 1. The minimum absolute atomic E-state index is 0. The molecule has 2 heterocycles. The molecule has 1 N–H and O–H groups in total. The minimum Gasteiger partial charge on any atom is -0.352 e. The van der Waals surface area contributed by atoms with Crippen LogP contribution in [0, 0.1) is 0 Å². The van der Waals surface area contributed by atoms with Gasteiger partial charge in [-0.2, -0.15) is 0 Å². The summed E-state index contributed by atoms with van der Waals surface area (Å²) < 4.78 is 5.31. The van der Waals surface area contributed by atoms with Crippen molar-refractivity contribution in [3.05, 3.63) is 52.5 Å². The third-order valence-electron chi connectivity index (χ3n) is 4.33. The van der Waals surface area contributed by atoms with Gasteiger partial charge in [0.1, 0.15) is 5.82 Å². The van der Waals surface area contributed by atoms with E-state index in [4.69, 9.17) is 4.98 Å². The van der Waals surface area contributed by atoms with Gasteiger partial charge in [-0.25, -0.2) is 4.98 Å². The Balaban J connectivity index is 0.00000243. The van der Waals surface area contributed by atoms with Crippen molar-refractivity contribution in [2.24, 2.45) is 19.1 Å². The van der Waals surface area contributed by atoms with Gasteiger partial charge in [-0.3, -0.25) is 4.99 Å². The fourth-order valence-corrected chi connectivity index (χ4v) is 3.51. The predicted molar refractivity (Wildman–Crippen MR) is 121 cm³/mol. The molecule has 0 aliphatic heterocycles. The lowest BCUT2D eigenvalue weighted by Gasteiger charge is -2.22. The van der Waals surface area contributed by atoms with Crippen LogP contribution in [-0.2, 0) is 27.2 Å². The smallest absolute Gasteiger partial charge is 0.194 e. The normalized spacial score (nSPS) is 11.5. The summed E-state index contributed by atoms with van der Waals surface area (Å²) in [4.78, 5) is 11.2. The van der Waals surface area contributed by atoms with Crippen molar-refractivity contribution in [2.75, 3.05) is 14.1 Å². The van der Waals surface area contributed by atoms with E-state index in [0.29, 0.717) is 6.54 Å². The minimum atomic E-state index is 0. The summed E-state index contributed by atoms with van der Waals surface area (Å²) in [5, 5.41) is 3.41. The average molecular weight is 531 g/mol. The maximum atomic E-state index is 4.70. The topological polar surface area (TPSA) is 50.4 Å². The molecule has 2 aromatic heterocycles. The molecule has 0 saturated heterocycles. The van der Waals surface area contributed by atoms with Gasteiger partial charge in [-0.1, -0.05) is 12.1 Å². The number of rotatable bonds is 4. The monoisotopic (exact) mass is 530 g/mol. The number of para-hydroxylation sites is 2. The van der Waals surface area contributed by atoms with Crippen molar-refractivity contribution < 1.29 is 0 Å². The highest BCUT2D eigenvalue weighted by Gasteiger charge is 2.12. The third kappa shape index (κ3) is 4.40. The van der Waals surface area contributed by atoms with Gasteiger partial charge in [0.05, 0.1) is 24.1 Å². The zero-order valence-electron chi connectivity index (χ0n) is 15.4. The first-order valence-electron chi connectivity index (χ1n) is 8.12. The number of hydrogen-bond donors (Lipinski definition) is 1. The number of guanidine groups is 1. The van der Waals surface area contributed by atoms with Crippen molar-refractivity contribution in [3.63, 3.8) is 0 Å². The highest BCUT2D eigenvalue weighted by Crippen LogP contribution is 2.16. The molecule has 0 saturated carbocycles. The Morgan fingerprint density at radius 1 is 1.31 bits per heavy atom. The molecule has 0 amide bonds. The lowest BCUT2D eigenvalue weighted by atomic mass is 10.3. The Labute approximate surface area is 179 Å². The van der Waals surface area contributed by atoms with Crippen LogP contribution < -0.4 is 5.32 Å². The molecule has 0 unspecified atom stereocenters. The predicted octanol–water partition coefficient (Wildman–Crippen LogP) is 3.50. The molecule has 0 spiro atoms. The molecule has 8 heteroatoms. The first kappa shape index (κ1) is 20.8. The Hall–Kier alpha value is -1.55. The van der Waals surface area contributed by atoms with E-state index in [1.165, 1.54) is 5.69 Å². The van der Waals surface area contributed by atoms with E-state index in [1.54, 1.807) is 7.05 Å². The number of aliphatic imine (C=N–C) groups is 1. The van der Waals surface area contributed by atoms with Crippen molar-refractivity contribution in [1.29, 1.82) is 0 Å². The molecule has 26 heavy (non-hydrogen) atoms. The van der Waals surface area contributed by atoms with E-state index in [1.807, 2.05) is 39.3 Å². The van der Waals surface area contributed by atoms with Gasteiger partial charge in [0.2, 0.25) is 0 Å².